The van der Waals surface area contributed by atoms with E-state index in [1.165, 1.54) is 12.5 Å². The molecule has 0 aliphatic heterocycles. The molecule has 1 aromatic carbocycles. The molecule has 3 aromatic rings. The average Bonchev–Trinajstić information content (AvgIpc) is 3.08. The van der Waals surface area contributed by atoms with Crippen LogP contribution in [0.25, 0.3) is 11.3 Å². The van der Waals surface area contributed by atoms with Crippen LogP contribution in [-0.2, 0) is 0 Å². The number of pyridine rings is 1. The number of aromatic nitrogens is 2. The van der Waals surface area contributed by atoms with Gasteiger partial charge in [-0.1, -0.05) is 12.1 Å². The minimum atomic E-state index is -0.345. The van der Waals surface area contributed by atoms with Gasteiger partial charge in [-0.3, -0.25) is 15.1 Å². The predicted molar refractivity (Wildman–Crippen MR) is 78.8 cm³/mol. The van der Waals surface area contributed by atoms with E-state index in [1.54, 1.807) is 36.5 Å². The van der Waals surface area contributed by atoms with E-state index in [4.69, 9.17) is 9.68 Å². The third-order valence-corrected chi connectivity index (χ3v) is 2.96. The molecule has 2 aromatic heterocycles. The fraction of sp³-hybridized carbons (Fsp3) is 0. The van der Waals surface area contributed by atoms with Crippen LogP contribution in [0.3, 0.4) is 0 Å². The first-order chi connectivity index (χ1) is 10.8. The summed E-state index contributed by atoms with van der Waals surface area (Å²) in [5.41, 5.74) is 2.33. The molecule has 0 fully saturated rings. The zero-order valence-corrected chi connectivity index (χ0v) is 11.4. The second kappa shape index (κ2) is 5.89. The number of rotatable bonds is 3. The number of anilines is 1. The van der Waals surface area contributed by atoms with E-state index < -0.39 is 0 Å². The van der Waals surface area contributed by atoms with E-state index in [9.17, 15) is 4.79 Å². The maximum Gasteiger partial charge on any atom is 0.301 e. The Morgan fingerprint density at radius 3 is 2.86 bits per heavy atom. The highest BCUT2D eigenvalue weighted by molar-refractivity contribution is 6.03. The van der Waals surface area contributed by atoms with Crippen LogP contribution in [0.4, 0.5) is 6.01 Å². The molecule has 1 N–H and O–H groups in total. The number of amides is 1. The fourth-order valence-electron chi connectivity index (χ4n) is 1.93. The van der Waals surface area contributed by atoms with Crippen molar-refractivity contribution in [2.24, 2.45) is 0 Å². The average molecular weight is 290 g/mol. The molecule has 0 bridgehead atoms. The number of nitrogens with zero attached hydrogens (tertiary/aromatic N) is 3. The van der Waals surface area contributed by atoms with Crippen molar-refractivity contribution >= 4 is 11.9 Å². The van der Waals surface area contributed by atoms with Gasteiger partial charge in [0.1, 0.15) is 6.26 Å². The highest BCUT2D eigenvalue weighted by Crippen LogP contribution is 2.19. The molecule has 1 amide bonds. The highest BCUT2D eigenvalue weighted by Gasteiger charge is 2.10. The predicted octanol–water partition coefficient (Wildman–Crippen LogP) is 2.86. The smallest absolute Gasteiger partial charge is 0.301 e. The molecule has 106 valence electrons. The maximum atomic E-state index is 12.1. The Labute approximate surface area is 126 Å². The van der Waals surface area contributed by atoms with Crippen LogP contribution in [0.15, 0.2) is 59.5 Å². The summed E-state index contributed by atoms with van der Waals surface area (Å²) in [6, 6.07) is 12.5. The van der Waals surface area contributed by atoms with Gasteiger partial charge < -0.3 is 4.42 Å². The second-order valence-electron chi connectivity index (χ2n) is 4.41. The van der Waals surface area contributed by atoms with Gasteiger partial charge in [0.2, 0.25) is 0 Å². The minimum Gasteiger partial charge on any atom is -0.432 e. The van der Waals surface area contributed by atoms with E-state index in [1.807, 2.05) is 6.07 Å². The zero-order valence-electron chi connectivity index (χ0n) is 11.4. The van der Waals surface area contributed by atoms with Gasteiger partial charge in [-0.2, -0.15) is 5.26 Å². The Hall–Kier alpha value is -3.46. The Balaban J connectivity index is 1.89. The number of carbonyl (C=O) groups excluding carboxylic acids is 1. The Morgan fingerprint density at radius 2 is 2.09 bits per heavy atom. The first-order valence-corrected chi connectivity index (χ1v) is 6.44. The molecule has 22 heavy (non-hydrogen) atoms. The van der Waals surface area contributed by atoms with E-state index in [2.05, 4.69) is 21.4 Å². The number of hydrogen-bond donors (Lipinski definition) is 1. The van der Waals surface area contributed by atoms with Crippen LogP contribution in [-0.4, -0.2) is 15.9 Å². The lowest BCUT2D eigenvalue weighted by Gasteiger charge is -2.04. The van der Waals surface area contributed by atoms with Gasteiger partial charge in [-0.25, -0.2) is 4.98 Å². The van der Waals surface area contributed by atoms with Crippen molar-refractivity contribution in [3.63, 3.8) is 0 Å². The number of oxazole rings is 1. The summed E-state index contributed by atoms with van der Waals surface area (Å²) in [7, 11) is 0. The van der Waals surface area contributed by atoms with Crippen molar-refractivity contribution in [1.29, 1.82) is 5.26 Å². The van der Waals surface area contributed by atoms with Crippen molar-refractivity contribution < 1.29 is 9.21 Å². The molecule has 0 unspecified atom stereocenters. The van der Waals surface area contributed by atoms with E-state index >= 15 is 0 Å². The molecule has 3 rings (SSSR count). The van der Waals surface area contributed by atoms with Crippen molar-refractivity contribution in [3.8, 4) is 17.3 Å². The third-order valence-electron chi connectivity index (χ3n) is 2.96. The second-order valence-corrected chi connectivity index (χ2v) is 4.41. The molecule has 2 heterocycles. The summed E-state index contributed by atoms with van der Waals surface area (Å²) in [5.74, 6) is -0.345. The molecule has 0 aliphatic rings. The molecular weight excluding hydrogens is 280 g/mol. The van der Waals surface area contributed by atoms with Crippen LogP contribution in [0.1, 0.15) is 15.9 Å². The van der Waals surface area contributed by atoms with E-state index in [-0.39, 0.29) is 11.9 Å². The maximum absolute atomic E-state index is 12.1. The lowest BCUT2D eigenvalue weighted by atomic mass is 10.1. The van der Waals surface area contributed by atoms with Crippen molar-refractivity contribution in [2.75, 3.05) is 5.32 Å². The number of hydrogen-bond acceptors (Lipinski definition) is 5. The highest BCUT2D eigenvalue weighted by atomic mass is 16.4. The summed E-state index contributed by atoms with van der Waals surface area (Å²) in [5, 5.41) is 11.5. The van der Waals surface area contributed by atoms with Gasteiger partial charge in [0.15, 0.2) is 0 Å². The van der Waals surface area contributed by atoms with Crippen molar-refractivity contribution in [1.82, 2.24) is 9.97 Å². The first-order valence-electron chi connectivity index (χ1n) is 6.44. The number of carbonyl (C=O) groups is 1. The van der Waals surface area contributed by atoms with Gasteiger partial charge in [-0.05, 0) is 24.3 Å². The summed E-state index contributed by atoms with van der Waals surface area (Å²) in [4.78, 5) is 20.2. The van der Waals surface area contributed by atoms with Gasteiger partial charge in [0.05, 0.1) is 23.5 Å². The van der Waals surface area contributed by atoms with E-state index in [0.29, 0.717) is 16.8 Å². The van der Waals surface area contributed by atoms with Crippen molar-refractivity contribution in [2.45, 2.75) is 0 Å². The molecule has 0 spiro atoms. The van der Waals surface area contributed by atoms with E-state index in [0.717, 1.165) is 5.56 Å². The number of benzene rings is 1. The lowest BCUT2D eigenvalue weighted by Crippen LogP contribution is -2.12. The topological polar surface area (TPSA) is 91.8 Å². The van der Waals surface area contributed by atoms with Gasteiger partial charge in [0.25, 0.3) is 5.91 Å². The standard InChI is InChI=1S/C16H10N4O2/c17-10-11-2-1-3-12(8-11)14-9-13(4-5-18-14)15(21)20-16-19-6-7-22-16/h1-9H,(H,19,20,21). The lowest BCUT2D eigenvalue weighted by molar-refractivity contribution is 0.102. The molecule has 6 heteroatoms. The molecule has 0 saturated carbocycles. The van der Waals surface area contributed by atoms with Gasteiger partial charge in [0, 0.05) is 17.3 Å². The molecular formula is C16H10N4O2. The normalized spacial score (nSPS) is 9.95. The summed E-state index contributed by atoms with van der Waals surface area (Å²) >= 11 is 0. The Morgan fingerprint density at radius 1 is 1.18 bits per heavy atom. The minimum absolute atomic E-state index is 0.134. The molecule has 6 nitrogen and oxygen atoms in total. The summed E-state index contributed by atoms with van der Waals surface area (Å²) in [6.45, 7) is 0. The van der Waals surface area contributed by atoms with Gasteiger partial charge >= 0.3 is 6.01 Å². The van der Waals surface area contributed by atoms with Crippen molar-refractivity contribution in [3.05, 3.63) is 66.2 Å². The quantitative estimate of drug-likeness (QED) is 0.800. The zero-order chi connectivity index (χ0) is 15.4. The Kier molecular flexibility index (Phi) is 3.62. The number of nitriles is 1. The molecule has 0 radical (unpaired) electrons. The third kappa shape index (κ3) is 2.83. The van der Waals surface area contributed by atoms with Gasteiger partial charge in [-0.15, -0.1) is 0 Å². The SMILES string of the molecule is N#Cc1cccc(-c2cc(C(=O)Nc3ncco3)ccn2)c1. The monoisotopic (exact) mass is 290 g/mol. The summed E-state index contributed by atoms with van der Waals surface area (Å²) in [6.07, 6.45) is 4.36. The van der Waals surface area contributed by atoms with Crippen LogP contribution in [0.2, 0.25) is 0 Å². The fourth-order valence-corrected chi connectivity index (χ4v) is 1.93. The van der Waals surface area contributed by atoms with Crippen LogP contribution in [0, 0.1) is 11.3 Å². The van der Waals surface area contributed by atoms with Crippen LogP contribution >= 0.6 is 0 Å². The van der Waals surface area contributed by atoms with Crippen LogP contribution in [0.5, 0.6) is 0 Å². The summed E-state index contributed by atoms with van der Waals surface area (Å²) < 4.78 is 4.98. The van der Waals surface area contributed by atoms with Crippen LogP contribution < -0.4 is 5.32 Å². The molecule has 0 aliphatic carbocycles. The number of nitrogens with one attached hydrogen (secondary N) is 1. The first kappa shape index (κ1) is 13.5. The molecule has 0 saturated heterocycles. The largest absolute Gasteiger partial charge is 0.432 e. The Bertz CT molecular complexity index is 851. The molecule has 0 atom stereocenters.